The third kappa shape index (κ3) is 6.94. The first-order chi connectivity index (χ1) is 14.0. The number of rotatable bonds is 12. The lowest BCUT2D eigenvalue weighted by Crippen LogP contribution is -2.23. The third-order valence-electron chi connectivity index (χ3n) is 5.38. The average molecular weight is 417 g/mol. The van der Waals surface area contributed by atoms with Gasteiger partial charge in [-0.2, -0.15) is 0 Å². The summed E-state index contributed by atoms with van der Waals surface area (Å²) in [5.41, 5.74) is -1.45. The van der Waals surface area contributed by atoms with Crippen LogP contribution in [0.25, 0.3) is 12.2 Å². The minimum absolute atomic E-state index is 0.590. The van der Waals surface area contributed by atoms with Gasteiger partial charge in [-0.15, -0.1) is 0 Å². The van der Waals surface area contributed by atoms with Gasteiger partial charge in [0, 0.05) is 12.8 Å². The molecule has 6 nitrogen and oxygen atoms in total. The summed E-state index contributed by atoms with van der Waals surface area (Å²) in [4.78, 5) is 22.3. The van der Waals surface area contributed by atoms with Crippen LogP contribution >= 0.6 is 0 Å². The van der Waals surface area contributed by atoms with Crippen LogP contribution in [0.4, 0.5) is 0 Å². The van der Waals surface area contributed by atoms with Gasteiger partial charge >= 0.3 is 11.9 Å². The summed E-state index contributed by atoms with van der Waals surface area (Å²) in [6, 6.07) is 7.58. The molecule has 2 aromatic rings. The molecule has 2 aromatic heterocycles. The summed E-state index contributed by atoms with van der Waals surface area (Å²) >= 11 is 0. The second-order valence-electron chi connectivity index (χ2n) is 9.03. The smallest absolute Gasteiger partial charge is 0.309 e. The molecule has 0 saturated carbocycles. The molecule has 0 aliphatic rings. The minimum atomic E-state index is -0.783. The molecule has 6 heteroatoms. The van der Waals surface area contributed by atoms with Crippen LogP contribution in [0.3, 0.4) is 0 Å². The van der Waals surface area contributed by atoms with E-state index in [4.69, 9.17) is 19.0 Å². The largest absolute Gasteiger partial charge is 0.481 e. The van der Waals surface area contributed by atoms with Gasteiger partial charge in [-0.05, 0) is 89.8 Å². The lowest BCUT2D eigenvalue weighted by Gasteiger charge is -2.18. The first-order valence-corrected chi connectivity index (χ1v) is 10.3. The maximum atomic E-state index is 11.2. The Balaban J connectivity index is 1.82. The Hall–Kier alpha value is -2.76. The number of aryl methyl sites for hydroxylation is 2. The molecular weight excluding hydrogens is 384 g/mol. The fraction of sp³-hybridized carbons (Fsp3) is 0.500. The molecule has 0 aromatic carbocycles. The van der Waals surface area contributed by atoms with Crippen molar-refractivity contribution < 1.29 is 28.6 Å². The Kier molecular flexibility index (Phi) is 7.71. The zero-order valence-electron chi connectivity index (χ0n) is 18.2. The highest BCUT2D eigenvalue weighted by Crippen LogP contribution is 2.25. The lowest BCUT2D eigenvalue weighted by atomic mass is 9.87. The van der Waals surface area contributed by atoms with Crippen molar-refractivity contribution in [2.75, 3.05) is 0 Å². The number of carbonyl (C=O) groups is 2. The normalized spacial score (nSPS) is 12.5. The predicted octanol–water partition coefficient (Wildman–Crippen LogP) is 5.91. The fourth-order valence-electron chi connectivity index (χ4n) is 3.02. The molecule has 0 spiro atoms. The zero-order chi connectivity index (χ0) is 22.4. The molecule has 2 N–H and O–H groups in total. The zero-order valence-corrected chi connectivity index (χ0v) is 18.2. The average Bonchev–Trinajstić information content (AvgIpc) is 3.29. The van der Waals surface area contributed by atoms with Crippen LogP contribution in [0.5, 0.6) is 0 Å². The SMILES string of the molecule is CC(C)(CCCc1ccc(/C=C/c2ccc(CCCC(C)(C)C(=O)O)o2)o1)C(=O)O. The Morgan fingerprint density at radius 1 is 0.767 bits per heavy atom. The molecule has 30 heavy (non-hydrogen) atoms. The topological polar surface area (TPSA) is 101 Å². The number of hydrogen-bond donors (Lipinski definition) is 2. The van der Waals surface area contributed by atoms with E-state index in [1.54, 1.807) is 27.7 Å². The second kappa shape index (κ2) is 9.83. The summed E-state index contributed by atoms with van der Waals surface area (Å²) in [6.07, 6.45) is 7.73. The number of hydrogen-bond acceptors (Lipinski definition) is 4. The fourth-order valence-corrected chi connectivity index (χ4v) is 3.02. The predicted molar refractivity (Wildman–Crippen MR) is 115 cm³/mol. The molecule has 0 unspecified atom stereocenters. The van der Waals surface area contributed by atoms with Crippen molar-refractivity contribution in [3.63, 3.8) is 0 Å². The maximum Gasteiger partial charge on any atom is 0.309 e. The van der Waals surface area contributed by atoms with E-state index >= 15 is 0 Å². The van der Waals surface area contributed by atoms with E-state index in [-0.39, 0.29) is 0 Å². The maximum absolute atomic E-state index is 11.2. The van der Waals surface area contributed by atoms with Gasteiger partial charge in [0.05, 0.1) is 10.8 Å². The van der Waals surface area contributed by atoms with E-state index in [0.29, 0.717) is 37.2 Å². The van der Waals surface area contributed by atoms with Crippen molar-refractivity contribution in [3.05, 3.63) is 47.3 Å². The third-order valence-corrected chi connectivity index (χ3v) is 5.38. The van der Waals surface area contributed by atoms with E-state index in [0.717, 1.165) is 24.4 Å². The van der Waals surface area contributed by atoms with Crippen LogP contribution in [0.15, 0.2) is 33.1 Å². The van der Waals surface area contributed by atoms with E-state index in [1.807, 2.05) is 36.4 Å². The van der Waals surface area contributed by atoms with Gasteiger partial charge in [-0.3, -0.25) is 9.59 Å². The highest BCUT2D eigenvalue weighted by atomic mass is 16.4. The number of carboxylic acid groups (broad SMARTS) is 2. The van der Waals surface area contributed by atoms with Gasteiger partial charge in [0.25, 0.3) is 0 Å². The van der Waals surface area contributed by atoms with E-state index < -0.39 is 22.8 Å². The van der Waals surface area contributed by atoms with Crippen molar-refractivity contribution in [2.45, 2.75) is 66.2 Å². The Labute approximate surface area is 177 Å². The van der Waals surface area contributed by atoms with Gasteiger partial charge in [0.1, 0.15) is 23.0 Å². The second-order valence-corrected chi connectivity index (χ2v) is 9.03. The molecule has 2 heterocycles. The van der Waals surface area contributed by atoms with Crippen LogP contribution in [-0.4, -0.2) is 22.2 Å². The molecule has 0 atom stereocenters. The van der Waals surface area contributed by atoms with Crippen LogP contribution < -0.4 is 0 Å². The summed E-state index contributed by atoms with van der Waals surface area (Å²) in [7, 11) is 0. The van der Waals surface area contributed by atoms with Crippen molar-refractivity contribution >= 4 is 24.1 Å². The summed E-state index contributed by atoms with van der Waals surface area (Å²) in [5, 5.41) is 18.3. The van der Waals surface area contributed by atoms with Crippen molar-refractivity contribution in [1.82, 2.24) is 0 Å². The molecule has 0 aliphatic heterocycles. The molecule has 0 bridgehead atoms. The molecule has 0 radical (unpaired) electrons. The molecular formula is C24H32O6. The molecule has 0 saturated heterocycles. The van der Waals surface area contributed by atoms with Gasteiger partial charge < -0.3 is 19.0 Å². The summed E-state index contributed by atoms with van der Waals surface area (Å²) in [5.74, 6) is 1.52. The highest BCUT2D eigenvalue weighted by Gasteiger charge is 2.27. The first kappa shape index (κ1) is 23.5. The minimum Gasteiger partial charge on any atom is -0.481 e. The monoisotopic (exact) mass is 416 g/mol. The number of carboxylic acids is 2. The van der Waals surface area contributed by atoms with Crippen molar-refractivity contribution in [1.29, 1.82) is 0 Å². The molecule has 2 rings (SSSR count). The Morgan fingerprint density at radius 3 is 1.47 bits per heavy atom. The van der Waals surface area contributed by atoms with Gasteiger partial charge in [0.15, 0.2) is 0 Å². The Morgan fingerprint density at radius 2 is 1.13 bits per heavy atom. The van der Waals surface area contributed by atoms with Crippen LogP contribution in [0.2, 0.25) is 0 Å². The Bertz CT molecular complexity index is 809. The molecule has 164 valence electrons. The molecule has 0 fully saturated rings. The standard InChI is InChI=1S/C24H32O6/c1-23(2,21(25)26)15-5-7-17-9-11-19(29-17)13-14-20-12-10-18(30-20)8-6-16-24(3,4)22(27)28/h9-14H,5-8,15-16H2,1-4H3,(H,25,26)(H,27,28)/b14-13+. The van der Waals surface area contributed by atoms with Crippen LogP contribution in [0, 0.1) is 10.8 Å². The van der Waals surface area contributed by atoms with Gasteiger partial charge in [-0.25, -0.2) is 0 Å². The molecule has 0 aliphatic carbocycles. The quantitative estimate of drug-likeness (QED) is 0.446. The van der Waals surface area contributed by atoms with Crippen LogP contribution in [-0.2, 0) is 22.4 Å². The number of furan rings is 2. The molecule has 0 amide bonds. The van der Waals surface area contributed by atoms with Crippen molar-refractivity contribution in [3.8, 4) is 0 Å². The van der Waals surface area contributed by atoms with E-state index in [9.17, 15) is 9.59 Å². The lowest BCUT2D eigenvalue weighted by molar-refractivity contribution is -0.148. The van der Waals surface area contributed by atoms with Crippen molar-refractivity contribution in [2.24, 2.45) is 10.8 Å². The summed E-state index contributed by atoms with van der Waals surface area (Å²) < 4.78 is 11.6. The van der Waals surface area contributed by atoms with Gasteiger partial charge in [0.2, 0.25) is 0 Å². The van der Waals surface area contributed by atoms with E-state index in [1.165, 1.54) is 0 Å². The van der Waals surface area contributed by atoms with Crippen LogP contribution in [0.1, 0.15) is 76.4 Å². The first-order valence-electron chi connectivity index (χ1n) is 10.3. The highest BCUT2D eigenvalue weighted by molar-refractivity contribution is 5.73. The van der Waals surface area contributed by atoms with E-state index in [2.05, 4.69) is 0 Å². The van der Waals surface area contributed by atoms with Gasteiger partial charge in [-0.1, -0.05) is 0 Å². The number of aliphatic carboxylic acids is 2. The summed E-state index contributed by atoms with van der Waals surface area (Å²) in [6.45, 7) is 6.93.